The highest BCUT2D eigenvalue weighted by molar-refractivity contribution is 7.89. The minimum absolute atomic E-state index is 0.196. The molecule has 0 heterocycles. The molecule has 0 radical (unpaired) electrons. The van der Waals surface area contributed by atoms with E-state index in [2.05, 4.69) is 0 Å². The van der Waals surface area contributed by atoms with Crippen LogP contribution in [0.3, 0.4) is 0 Å². The van der Waals surface area contributed by atoms with Gasteiger partial charge in [-0.15, -0.1) is 0 Å². The molecule has 0 atom stereocenters. The fourth-order valence-electron chi connectivity index (χ4n) is 1.82. The van der Waals surface area contributed by atoms with Crippen LogP contribution in [0, 0.1) is 0 Å². The van der Waals surface area contributed by atoms with Gasteiger partial charge in [-0.3, -0.25) is 0 Å². The molecule has 2 N–H and O–H groups in total. The first kappa shape index (κ1) is 15.1. The zero-order chi connectivity index (χ0) is 13.4. The molecule has 0 amide bonds. The normalized spacial score (nSPS) is 11.9. The Labute approximate surface area is 110 Å². The van der Waals surface area contributed by atoms with E-state index < -0.39 is 10.0 Å². The van der Waals surface area contributed by atoms with Crippen LogP contribution in [-0.4, -0.2) is 38.1 Å². The van der Waals surface area contributed by atoms with E-state index in [0.29, 0.717) is 26.1 Å². The molecule has 0 aliphatic heterocycles. The number of hydrogen-bond donors (Lipinski definition) is 1. The molecule has 0 aromatic heterocycles. The van der Waals surface area contributed by atoms with Crippen molar-refractivity contribution in [2.24, 2.45) is 5.73 Å². The molecule has 0 spiro atoms. The number of sulfonamides is 1. The van der Waals surface area contributed by atoms with Gasteiger partial charge in [0.1, 0.15) is 0 Å². The number of nitrogens with two attached hydrogens (primary N) is 1. The standard InChI is InChI=1S/C13H22N2O2S/c1-2-12-18(16,17)15(11-9-14)10-8-13-6-4-3-5-7-13/h3-7H,2,8-12,14H2,1H3. The maximum absolute atomic E-state index is 12.0. The van der Waals surface area contributed by atoms with Crippen LogP contribution in [0.2, 0.25) is 0 Å². The third-order valence-corrected chi connectivity index (χ3v) is 4.80. The zero-order valence-corrected chi connectivity index (χ0v) is 11.7. The molecule has 0 saturated carbocycles. The fourth-order valence-corrected chi connectivity index (χ4v) is 3.35. The smallest absolute Gasteiger partial charge is 0.214 e. The Morgan fingerprint density at radius 3 is 2.39 bits per heavy atom. The van der Waals surface area contributed by atoms with Crippen LogP contribution >= 0.6 is 0 Å². The van der Waals surface area contributed by atoms with Crippen LogP contribution in [0.5, 0.6) is 0 Å². The summed E-state index contributed by atoms with van der Waals surface area (Å²) in [5, 5.41) is 0. The molecule has 4 nitrogen and oxygen atoms in total. The maximum atomic E-state index is 12.0. The zero-order valence-electron chi connectivity index (χ0n) is 10.9. The van der Waals surface area contributed by atoms with Crippen molar-refractivity contribution >= 4 is 10.0 Å². The van der Waals surface area contributed by atoms with Crippen molar-refractivity contribution in [1.82, 2.24) is 4.31 Å². The minimum Gasteiger partial charge on any atom is -0.329 e. The lowest BCUT2D eigenvalue weighted by Crippen LogP contribution is -2.38. The first-order valence-electron chi connectivity index (χ1n) is 6.32. The van der Waals surface area contributed by atoms with Crippen molar-refractivity contribution in [3.63, 3.8) is 0 Å². The Hall–Kier alpha value is -0.910. The van der Waals surface area contributed by atoms with E-state index >= 15 is 0 Å². The van der Waals surface area contributed by atoms with Gasteiger partial charge in [0.05, 0.1) is 5.75 Å². The number of rotatable bonds is 8. The molecule has 0 aliphatic rings. The van der Waals surface area contributed by atoms with Crippen molar-refractivity contribution in [3.05, 3.63) is 35.9 Å². The molecule has 18 heavy (non-hydrogen) atoms. The Kier molecular flexibility index (Phi) is 6.32. The van der Waals surface area contributed by atoms with Gasteiger partial charge in [-0.05, 0) is 18.4 Å². The van der Waals surface area contributed by atoms with Gasteiger partial charge in [0, 0.05) is 19.6 Å². The van der Waals surface area contributed by atoms with E-state index in [1.807, 2.05) is 37.3 Å². The lowest BCUT2D eigenvalue weighted by molar-refractivity contribution is 0.421. The van der Waals surface area contributed by atoms with Gasteiger partial charge >= 0.3 is 0 Å². The Morgan fingerprint density at radius 1 is 1.17 bits per heavy atom. The minimum atomic E-state index is -3.15. The molecule has 0 aliphatic carbocycles. The van der Waals surface area contributed by atoms with Gasteiger partial charge in [0.25, 0.3) is 0 Å². The second-order valence-electron chi connectivity index (χ2n) is 4.24. The predicted molar refractivity (Wildman–Crippen MR) is 74.9 cm³/mol. The first-order valence-corrected chi connectivity index (χ1v) is 7.93. The summed E-state index contributed by atoms with van der Waals surface area (Å²) in [6.07, 6.45) is 1.36. The van der Waals surface area contributed by atoms with E-state index in [4.69, 9.17) is 5.73 Å². The van der Waals surface area contributed by atoms with Crippen LogP contribution in [-0.2, 0) is 16.4 Å². The molecule has 0 fully saturated rings. The topological polar surface area (TPSA) is 63.4 Å². The van der Waals surface area contributed by atoms with Crippen molar-refractivity contribution in [1.29, 1.82) is 0 Å². The van der Waals surface area contributed by atoms with Crippen molar-refractivity contribution in [2.45, 2.75) is 19.8 Å². The highest BCUT2D eigenvalue weighted by atomic mass is 32.2. The number of nitrogens with zero attached hydrogens (tertiary/aromatic N) is 1. The third kappa shape index (κ3) is 4.76. The monoisotopic (exact) mass is 270 g/mol. The molecule has 5 heteroatoms. The summed E-state index contributed by atoms with van der Waals surface area (Å²) in [7, 11) is -3.15. The highest BCUT2D eigenvalue weighted by Gasteiger charge is 2.19. The molecule has 1 aromatic carbocycles. The molecule has 1 aromatic rings. The lowest BCUT2D eigenvalue weighted by Gasteiger charge is -2.21. The van der Waals surface area contributed by atoms with E-state index in [1.54, 1.807) is 0 Å². The summed E-state index contributed by atoms with van der Waals surface area (Å²) in [5.74, 6) is 0.196. The second-order valence-corrected chi connectivity index (χ2v) is 6.33. The van der Waals surface area contributed by atoms with Crippen LogP contribution in [0.25, 0.3) is 0 Å². The van der Waals surface area contributed by atoms with Crippen LogP contribution < -0.4 is 5.73 Å². The van der Waals surface area contributed by atoms with Gasteiger partial charge in [-0.25, -0.2) is 12.7 Å². The van der Waals surface area contributed by atoms with Gasteiger partial charge in [-0.1, -0.05) is 37.3 Å². The maximum Gasteiger partial charge on any atom is 0.214 e. The quantitative estimate of drug-likeness (QED) is 0.773. The predicted octanol–water partition coefficient (Wildman–Crippen LogP) is 1.23. The first-order chi connectivity index (χ1) is 8.60. The van der Waals surface area contributed by atoms with Crippen molar-refractivity contribution in [3.8, 4) is 0 Å². The summed E-state index contributed by atoms with van der Waals surface area (Å²) >= 11 is 0. The lowest BCUT2D eigenvalue weighted by atomic mass is 10.1. The Balaban J connectivity index is 2.64. The van der Waals surface area contributed by atoms with Crippen LogP contribution in [0.15, 0.2) is 30.3 Å². The Bertz CT molecular complexity index is 432. The summed E-state index contributed by atoms with van der Waals surface area (Å²) in [4.78, 5) is 0. The van der Waals surface area contributed by atoms with Gasteiger partial charge in [-0.2, -0.15) is 0 Å². The summed E-state index contributed by atoms with van der Waals surface area (Å²) < 4.78 is 25.5. The molecule has 0 unspecified atom stereocenters. The fraction of sp³-hybridized carbons (Fsp3) is 0.538. The average Bonchev–Trinajstić information content (AvgIpc) is 2.35. The summed E-state index contributed by atoms with van der Waals surface area (Å²) in [5.41, 5.74) is 6.63. The average molecular weight is 270 g/mol. The van der Waals surface area contributed by atoms with Gasteiger partial charge in [0.2, 0.25) is 10.0 Å². The van der Waals surface area contributed by atoms with Crippen LogP contribution in [0.4, 0.5) is 0 Å². The molecular formula is C13H22N2O2S. The second kappa shape index (κ2) is 7.51. The number of benzene rings is 1. The molecule has 0 saturated heterocycles. The van der Waals surface area contributed by atoms with Gasteiger partial charge < -0.3 is 5.73 Å². The van der Waals surface area contributed by atoms with E-state index in [9.17, 15) is 8.42 Å². The summed E-state index contributed by atoms with van der Waals surface area (Å²) in [6.45, 7) is 3.13. The van der Waals surface area contributed by atoms with Crippen molar-refractivity contribution < 1.29 is 8.42 Å². The van der Waals surface area contributed by atoms with E-state index in [0.717, 1.165) is 12.0 Å². The molecular weight excluding hydrogens is 248 g/mol. The molecule has 0 bridgehead atoms. The van der Waals surface area contributed by atoms with Crippen molar-refractivity contribution in [2.75, 3.05) is 25.4 Å². The summed E-state index contributed by atoms with van der Waals surface area (Å²) in [6, 6.07) is 9.89. The SMILES string of the molecule is CCCS(=O)(=O)N(CCN)CCc1ccccc1. The largest absolute Gasteiger partial charge is 0.329 e. The number of hydrogen-bond acceptors (Lipinski definition) is 3. The molecule has 102 valence electrons. The third-order valence-electron chi connectivity index (χ3n) is 2.73. The van der Waals surface area contributed by atoms with Gasteiger partial charge in [0.15, 0.2) is 0 Å². The van der Waals surface area contributed by atoms with E-state index in [1.165, 1.54) is 4.31 Å². The van der Waals surface area contributed by atoms with E-state index in [-0.39, 0.29) is 5.75 Å². The van der Waals surface area contributed by atoms with Crippen LogP contribution in [0.1, 0.15) is 18.9 Å². The Morgan fingerprint density at radius 2 is 1.83 bits per heavy atom. The molecule has 1 rings (SSSR count). The highest BCUT2D eigenvalue weighted by Crippen LogP contribution is 2.06.